The normalized spacial score (nSPS) is 30.7. The average molecular weight is 277 g/mol. The maximum absolute atomic E-state index is 12.7. The third-order valence-corrected chi connectivity index (χ3v) is 4.63. The molecule has 1 aromatic heterocycles. The molecule has 1 aliphatic carbocycles. The highest BCUT2D eigenvalue weighted by molar-refractivity contribution is 5.79. The van der Waals surface area contributed by atoms with Gasteiger partial charge in [-0.05, 0) is 45.4 Å². The zero-order chi connectivity index (χ0) is 14.1. The summed E-state index contributed by atoms with van der Waals surface area (Å²) in [5, 5.41) is 3.95. The molecule has 0 aromatic carbocycles. The number of carbonyl (C=O) groups excluding carboxylic acids is 1. The van der Waals surface area contributed by atoms with Crippen LogP contribution < -0.4 is 5.73 Å². The van der Waals surface area contributed by atoms with Crippen molar-refractivity contribution in [1.82, 2.24) is 10.1 Å². The van der Waals surface area contributed by atoms with Crippen LogP contribution in [-0.4, -0.2) is 28.6 Å². The number of rotatable bonds is 2. The largest absolute Gasteiger partial charge is 0.359 e. The maximum atomic E-state index is 12.7. The van der Waals surface area contributed by atoms with Crippen molar-refractivity contribution in [3.8, 4) is 0 Å². The molecule has 1 unspecified atom stereocenters. The summed E-state index contributed by atoms with van der Waals surface area (Å²) in [5.74, 6) is 1.27. The van der Waals surface area contributed by atoms with E-state index in [4.69, 9.17) is 10.3 Å². The Labute approximate surface area is 119 Å². The van der Waals surface area contributed by atoms with Gasteiger partial charge in [-0.15, -0.1) is 0 Å². The number of amides is 1. The fraction of sp³-hybridized carbons (Fsp3) is 0.733. The van der Waals surface area contributed by atoms with E-state index in [1.54, 1.807) is 0 Å². The summed E-state index contributed by atoms with van der Waals surface area (Å²) >= 11 is 0. The Bertz CT molecular complexity index is 477. The summed E-state index contributed by atoms with van der Waals surface area (Å²) in [6, 6.07) is 2.32. The van der Waals surface area contributed by atoms with E-state index < -0.39 is 0 Å². The Balaban J connectivity index is 1.70. The lowest BCUT2D eigenvalue weighted by molar-refractivity contribution is -0.138. The van der Waals surface area contributed by atoms with Crippen molar-refractivity contribution in [2.24, 2.45) is 11.7 Å². The first-order valence-electron chi connectivity index (χ1n) is 7.64. The monoisotopic (exact) mass is 277 g/mol. The second kappa shape index (κ2) is 5.56. The van der Waals surface area contributed by atoms with Crippen LogP contribution in [0.1, 0.15) is 56.0 Å². The van der Waals surface area contributed by atoms with E-state index in [2.05, 4.69) is 5.16 Å². The van der Waals surface area contributed by atoms with Gasteiger partial charge >= 0.3 is 0 Å². The van der Waals surface area contributed by atoms with Crippen molar-refractivity contribution in [2.45, 2.75) is 57.5 Å². The molecule has 1 aliphatic heterocycles. The minimum atomic E-state index is 0.0827. The van der Waals surface area contributed by atoms with E-state index in [1.807, 2.05) is 17.9 Å². The number of nitrogens with two attached hydrogens (primary N) is 1. The average Bonchev–Trinajstić information content (AvgIpc) is 3.07. The van der Waals surface area contributed by atoms with Crippen LogP contribution in [-0.2, 0) is 4.79 Å². The van der Waals surface area contributed by atoms with Crippen LogP contribution in [0.4, 0.5) is 0 Å². The minimum Gasteiger partial charge on any atom is -0.359 e. The molecule has 1 atom stereocenters. The van der Waals surface area contributed by atoms with Gasteiger partial charge in [-0.3, -0.25) is 4.79 Å². The van der Waals surface area contributed by atoms with E-state index in [0.29, 0.717) is 0 Å². The summed E-state index contributed by atoms with van der Waals surface area (Å²) in [4.78, 5) is 14.7. The third kappa shape index (κ3) is 2.59. The third-order valence-electron chi connectivity index (χ3n) is 4.63. The lowest BCUT2D eigenvalue weighted by atomic mass is 9.85. The van der Waals surface area contributed by atoms with Gasteiger partial charge in [0, 0.05) is 24.6 Å². The van der Waals surface area contributed by atoms with Crippen LogP contribution in [0, 0.1) is 12.8 Å². The molecule has 3 rings (SSSR count). The highest BCUT2D eigenvalue weighted by Crippen LogP contribution is 2.35. The first-order valence-corrected chi connectivity index (χ1v) is 7.64. The van der Waals surface area contributed by atoms with E-state index in [0.717, 1.165) is 56.5 Å². The van der Waals surface area contributed by atoms with Crippen molar-refractivity contribution in [3.05, 3.63) is 17.5 Å². The SMILES string of the molecule is Cc1cc(C2CCCN2C(=O)C2CCC(N)CC2)on1. The molecule has 2 N–H and O–H groups in total. The standard InChI is InChI=1S/C15H23N3O2/c1-10-9-14(20-17-10)13-3-2-8-18(13)15(19)11-4-6-12(16)7-5-11/h9,11-13H,2-8,16H2,1H3. The van der Waals surface area contributed by atoms with Crippen LogP contribution in [0.3, 0.4) is 0 Å². The molecule has 0 bridgehead atoms. The molecular formula is C15H23N3O2. The lowest BCUT2D eigenvalue weighted by Crippen LogP contribution is -2.39. The number of likely N-dealkylation sites (tertiary alicyclic amines) is 1. The Hall–Kier alpha value is -1.36. The van der Waals surface area contributed by atoms with Crippen LogP contribution >= 0.6 is 0 Å². The van der Waals surface area contributed by atoms with Gasteiger partial charge in [-0.2, -0.15) is 0 Å². The van der Waals surface area contributed by atoms with Gasteiger partial charge in [0.05, 0.1) is 11.7 Å². The Morgan fingerprint density at radius 2 is 2.10 bits per heavy atom. The fourth-order valence-corrected chi connectivity index (χ4v) is 3.47. The van der Waals surface area contributed by atoms with Crippen molar-refractivity contribution < 1.29 is 9.32 Å². The van der Waals surface area contributed by atoms with Gasteiger partial charge in [0.25, 0.3) is 0 Å². The van der Waals surface area contributed by atoms with E-state index in [1.165, 1.54) is 0 Å². The van der Waals surface area contributed by atoms with Gasteiger partial charge in [0.15, 0.2) is 5.76 Å². The number of nitrogens with zero attached hydrogens (tertiary/aromatic N) is 2. The van der Waals surface area contributed by atoms with Crippen LogP contribution in [0.5, 0.6) is 0 Å². The second-order valence-corrected chi connectivity index (χ2v) is 6.17. The zero-order valence-corrected chi connectivity index (χ0v) is 12.0. The highest BCUT2D eigenvalue weighted by Gasteiger charge is 2.36. The fourth-order valence-electron chi connectivity index (χ4n) is 3.47. The van der Waals surface area contributed by atoms with Crippen LogP contribution in [0.15, 0.2) is 10.6 Å². The molecule has 1 aromatic rings. The molecule has 1 saturated heterocycles. The molecule has 5 nitrogen and oxygen atoms in total. The van der Waals surface area contributed by atoms with Gasteiger partial charge in [0.1, 0.15) is 0 Å². The number of hydrogen-bond acceptors (Lipinski definition) is 4. The molecule has 0 radical (unpaired) electrons. The van der Waals surface area contributed by atoms with Crippen LogP contribution in [0.2, 0.25) is 0 Å². The predicted octanol–water partition coefficient (Wildman–Crippen LogP) is 2.16. The van der Waals surface area contributed by atoms with Gasteiger partial charge in [-0.1, -0.05) is 5.16 Å². The Morgan fingerprint density at radius 3 is 2.75 bits per heavy atom. The molecule has 1 amide bonds. The Morgan fingerprint density at radius 1 is 1.35 bits per heavy atom. The van der Waals surface area contributed by atoms with Gasteiger partial charge in [-0.25, -0.2) is 0 Å². The summed E-state index contributed by atoms with van der Waals surface area (Å²) in [7, 11) is 0. The number of aromatic nitrogens is 1. The summed E-state index contributed by atoms with van der Waals surface area (Å²) < 4.78 is 5.37. The number of carbonyl (C=O) groups is 1. The van der Waals surface area contributed by atoms with Gasteiger partial charge in [0.2, 0.25) is 5.91 Å². The smallest absolute Gasteiger partial charge is 0.226 e. The molecule has 110 valence electrons. The molecule has 2 aliphatic rings. The molecular weight excluding hydrogens is 254 g/mol. The van der Waals surface area contributed by atoms with E-state index in [-0.39, 0.29) is 23.9 Å². The number of aryl methyl sites for hydroxylation is 1. The van der Waals surface area contributed by atoms with Crippen molar-refractivity contribution in [2.75, 3.05) is 6.54 Å². The molecule has 2 heterocycles. The van der Waals surface area contributed by atoms with Crippen molar-refractivity contribution in [3.63, 3.8) is 0 Å². The minimum absolute atomic E-state index is 0.0827. The van der Waals surface area contributed by atoms with Crippen molar-refractivity contribution in [1.29, 1.82) is 0 Å². The first-order chi connectivity index (χ1) is 9.65. The lowest BCUT2D eigenvalue weighted by Gasteiger charge is -2.31. The van der Waals surface area contributed by atoms with Gasteiger partial charge < -0.3 is 15.2 Å². The molecule has 2 fully saturated rings. The molecule has 0 spiro atoms. The predicted molar refractivity (Wildman–Crippen MR) is 74.9 cm³/mol. The van der Waals surface area contributed by atoms with Crippen molar-refractivity contribution >= 4 is 5.91 Å². The van der Waals surface area contributed by atoms with Crippen LogP contribution in [0.25, 0.3) is 0 Å². The summed E-state index contributed by atoms with van der Waals surface area (Å²) in [6.07, 6.45) is 5.82. The number of hydrogen-bond donors (Lipinski definition) is 1. The quantitative estimate of drug-likeness (QED) is 0.899. The Kier molecular flexibility index (Phi) is 3.78. The highest BCUT2D eigenvalue weighted by atomic mass is 16.5. The summed E-state index contributed by atoms with van der Waals surface area (Å²) in [5.41, 5.74) is 6.80. The first kappa shape index (κ1) is 13.6. The second-order valence-electron chi connectivity index (χ2n) is 6.17. The topological polar surface area (TPSA) is 72.4 Å². The molecule has 1 saturated carbocycles. The molecule has 20 heavy (non-hydrogen) atoms. The zero-order valence-electron chi connectivity index (χ0n) is 12.0. The molecule has 5 heteroatoms. The van der Waals surface area contributed by atoms with E-state index >= 15 is 0 Å². The van der Waals surface area contributed by atoms with E-state index in [9.17, 15) is 4.79 Å². The summed E-state index contributed by atoms with van der Waals surface area (Å²) in [6.45, 7) is 2.75. The maximum Gasteiger partial charge on any atom is 0.226 e.